The molecule has 0 heterocycles. The summed E-state index contributed by atoms with van der Waals surface area (Å²) in [5.41, 5.74) is -0.452. The monoisotopic (exact) mass is 651 g/mol. The lowest BCUT2D eigenvalue weighted by Gasteiger charge is -2.36. The van der Waals surface area contributed by atoms with Crippen LogP contribution in [-0.4, -0.2) is 28.9 Å². The Hall–Kier alpha value is -3.46. The van der Waals surface area contributed by atoms with Crippen molar-refractivity contribution < 1.29 is 26.3 Å². The molecule has 0 aliphatic heterocycles. The molecule has 0 fully saturated rings. The van der Waals surface area contributed by atoms with E-state index in [0.717, 1.165) is 5.56 Å². The maximum absolute atomic E-state index is 14.4. The van der Waals surface area contributed by atoms with E-state index >= 15 is 0 Å². The summed E-state index contributed by atoms with van der Waals surface area (Å²) in [4.78, 5) is 2.21. The summed E-state index contributed by atoms with van der Waals surface area (Å²) < 4.78 is 52.6. The summed E-state index contributed by atoms with van der Waals surface area (Å²) in [5, 5.41) is 0. The average molecular weight is 652 g/mol. The molecule has 4 rings (SSSR count). The number of ether oxygens (including phenoxy) is 3. The second-order valence-electron chi connectivity index (χ2n) is 14.0. The third-order valence-corrected chi connectivity index (χ3v) is 11.6. The fraction of sp³-hybridized carbons (Fsp3) is 0.351. The van der Waals surface area contributed by atoms with Crippen molar-refractivity contribution in [1.29, 1.82) is 0 Å². The Morgan fingerprint density at radius 2 is 0.822 bits per heavy atom. The number of rotatable bonds is 9. The zero-order chi connectivity index (χ0) is 33.3. The molecule has 0 spiro atoms. The number of benzene rings is 4. The highest BCUT2D eigenvalue weighted by Crippen LogP contribution is 2.69. The van der Waals surface area contributed by atoms with E-state index in [-0.39, 0.29) is 4.90 Å². The third-order valence-electron chi connectivity index (χ3n) is 6.24. The molecule has 0 saturated carbocycles. The lowest BCUT2D eigenvalue weighted by molar-refractivity contribution is 0.130. The van der Waals surface area contributed by atoms with Crippen molar-refractivity contribution in [2.75, 3.05) is 0 Å². The molecule has 242 valence electrons. The van der Waals surface area contributed by atoms with Crippen LogP contribution in [0.4, 0.5) is 0 Å². The summed E-state index contributed by atoms with van der Waals surface area (Å²) in [7, 11) is -7.07. The topological polar surface area (TPSA) is 74.6 Å². The summed E-state index contributed by atoms with van der Waals surface area (Å²) in [6.07, 6.45) is 0. The van der Waals surface area contributed by atoms with E-state index in [1.165, 1.54) is 0 Å². The Balaban J connectivity index is 2.09. The van der Waals surface area contributed by atoms with Gasteiger partial charge in [-0.15, -0.1) is 8.42 Å². The highest BCUT2D eigenvalue weighted by atomic mass is 32.3. The standard InChI is InChI=1S/C37H46O6S2/c1-27-20-22-31(23-21-27)45(38,39)43-44(32-17-11-14-28(24-32)40-35(2,3)4,33-18-12-15-29(25-33)41-36(5,6)7)34-19-13-16-30(26-34)42-37(8,9)10/h11-26H,1-10H3/p+1. The average Bonchev–Trinajstić information content (AvgIpc) is 2.89. The van der Waals surface area contributed by atoms with Crippen molar-refractivity contribution in [3.8, 4) is 17.2 Å². The van der Waals surface area contributed by atoms with E-state index in [4.69, 9.17) is 17.8 Å². The SMILES string of the molecule is Cc1ccc(S(=O)(=O)[OH+]S(c2cccc(OC(C)(C)C)c2)(c2cccc(OC(C)(C)C)c2)c2cccc(OC(C)(C)C)c2)cc1. The zero-order valence-electron chi connectivity index (χ0n) is 28.0. The lowest BCUT2D eigenvalue weighted by atomic mass is 10.2. The van der Waals surface area contributed by atoms with Crippen LogP contribution in [-0.2, 0) is 10.1 Å². The van der Waals surface area contributed by atoms with Gasteiger partial charge in [0.2, 0.25) is 0 Å². The van der Waals surface area contributed by atoms with Gasteiger partial charge in [0, 0.05) is 0 Å². The minimum absolute atomic E-state index is 0.122. The number of aryl methyl sites for hydroxylation is 1. The normalized spacial score (nSPS) is 13.3. The van der Waals surface area contributed by atoms with Gasteiger partial charge in [0.15, 0.2) is 0 Å². The van der Waals surface area contributed by atoms with Gasteiger partial charge < -0.3 is 14.2 Å². The highest BCUT2D eigenvalue weighted by molar-refractivity contribution is 8.32. The molecule has 1 N–H and O–H groups in total. The largest absolute Gasteiger partial charge is 0.488 e. The highest BCUT2D eigenvalue weighted by Gasteiger charge is 2.44. The van der Waals surface area contributed by atoms with Gasteiger partial charge in [-0.25, -0.2) is 0 Å². The predicted octanol–water partition coefficient (Wildman–Crippen LogP) is 10.2. The zero-order valence-corrected chi connectivity index (χ0v) is 29.7. The molecule has 0 aromatic heterocycles. The van der Waals surface area contributed by atoms with Crippen LogP contribution in [0, 0.1) is 6.92 Å². The molecule has 4 aromatic carbocycles. The molecule has 4 aromatic rings. The Labute approximate surface area is 271 Å². The van der Waals surface area contributed by atoms with Crippen LogP contribution in [0.3, 0.4) is 0 Å². The number of hydrogen-bond donors (Lipinski definition) is 0. The molecule has 8 heteroatoms. The third kappa shape index (κ3) is 9.06. The van der Waals surface area contributed by atoms with Crippen molar-refractivity contribution >= 4 is 20.4 Å². The number of hydrogen-bond acceptors (Lipinski definition) is 5. The molecule has 0 bridgehead atoms. The molecule has 0 amide bonds. The maximum atomic E-state index is 14.4. The second-order valence-corrected chi connectivity index (χ2v) is 18.6. The van der Waals surface area contributed by atoms with Crippen molar-refractivity contribution in [2.45, 2.75) is 106 Å². The van der Waals surface area contributed by atoms with Gasteiger partial charge in [0.05, 0.1) is 25.0 Å². The molecular formula is C37H47O6S2+. The van der Waals surface area contributed by atoms with E-state index in [2.05, 4.69) is 0 Å². The molecule has 0 atom stereocenters. The Morgan fingerprint density at radius 3 is 1.13 bits per heavy atom. The second kappa shape index (κ2) is 12.7. The summed E-state index contributed by atoms with van der Waals surface area (Å²) in [6, 6.07) is 29.6. The van der Waals surface area contributed by atoms with Crippen molar-refractivity contribution in [3.05, 3.63) is 103 Å². The van der Waals surface area contributed by atoms with Gasteiger partial charge >= 0.3 is 10.1 Å². The minimum atomic E-state index is -4.18. The van der Waals surface area contributed by atoms with Crippen LogP contribution in [0.1, 0.15) is 67.9 Å². The summed E-state index contributed by atoms with van der Waals surface area (Å²) in [5.74, 6) is 1.84. The van der Waals surface area contributed by atoms with Gasteiger partial charge in [-0.2, -0.15) is 0 Å². The first-order valence-electron chi connectivity index (χ1n) is 15.0. The van der Waals surface area contributed by atoms with Gasteiger partial charge in [-0.05, 0) is 136 Å². The first-order valence-corrected chi connectivity index (χ1v) is 18.1. The van der Waals surface area contributed by atoms with Crippen molar-refractivity contribution in [3.63, 3.8) is 0 Å². The smallest absolute Gasteiger partial charge is 0.422 e. The van der Waals surface area contributed by atoms with E-state index < -0.39 is 37.2 Å². The lowest BCUT2D eigenvalue weighted by Crippen LogP contribution is -2.24. The van der Waals surface area contributed by atoms with Crippen LogP contribution >= 0.6 is 10.3 Å². The molecule has 0 aliphatic rings. The first kappa shape index (κ1) is 34.4. The first-order chi connectivity index (χ1) is 20.8. The van der Waals surface area contributed by atoms with Crippen LogP contribution in [0.25, 0.3) is 0 Å². The van der Waals surface area contributed by atoms with Crippen LogP contribution < -0.4 is 14.2 Å². The van der Waals surface area contributed by atoms with Crippen molar-refractivity contribution in [2.24, 2.45) is 0 Å². The fourth-order valence-corrected chi connectivity index (χ4v) is 10.2. The van der Waals surface area contributed by atoms with Crippen LogP contribution in [0.15, 0.2) is 117 Å². The van der Waals surface area contributed by atoms with Crippen LogP contribution in [0.2, 0.25) is 0 Å². The molecular weight excluding hydrogens is 605 g/mol. The van der Waals surface area contributed by atoms with Gasteiger partial charge in [-0.3, -0.25) is 3.63 Å². The summed E-state index contributed by atoms with van der Waals surface area (Å²) in [6.45, 7) is 19.7. The fourth-order valence-electron chi connectivity index (χ4n) is 4.66. The molecule has 0 unspecified atom stereocenters. The molecule has 45 heavy (non-hydrogen) atoms. The molecule has 0 saturated heterocycles. The van der Waals surface area contributed by atoms with Gasteiger partial charge in [0.1, 0.15) is 38.9 Å². The molecule has 0 aliphatic carbocycles. The summed E-state index contributed by atoms with van der Waals surface area (Å²) >= 11 is 0. The Kier molecular flexibility index (Phi) is 9.74. The van der Waals surface area contributed by atoms with E-state index in [1.807, 2.05) is 142 Å². The molecule has 6 nitrogen and oxygen atoms in total. The predicted molar refractivity (Wildman–Crippen MR) is 184 cm³/mol. The van der Waals surface area contributed by atoms with Crippen molar-refractivity contribution in [1.82, 2.24) is 0 Å². The van der Waals surface area contributed by atoms with Gasteiger partial charge in [0.25, 0.3) is 0 Å². The van der Waals surface area contributed by atoms with E-state index in [9.17, 15) is 8.42 Å². The Bertz CT molecular complexity index is 1580. The Morgan fingerprint density at radius 1 is 0.489 bits per heavy atom. The van der Waals surface area contributed by atoms with E-state index in [0.29, 0.717) is 31.9 Å². The van der Waals surface area contributed by atoms with Crippen LogP contribution in [0.5, 0.6) is 17.2 Å². The van der Waals surface area contributed by atoms with Gasteiger partial charge in [-0.1, -0.05) is 35.9 Å². The maximum Gasteiger partial charge on any atom is 0.422 e. The quantitative estimate of drug-likeness (QED) is 0.133. The van der Waals surface area contributed by atoms with E-state index in [1.54, 1.807) is 24.3 Å². The molecule has 0 radical (unpaired) electrons. The minimum Gasteiger partial charge on any atom is -0.488 e.